The van der Waals surface area contributed by atoms with Gasteiger partial charge < -0.3 is 19.3 Å². The molecule has 0 fully saturated rings. The maximum absolute atomic E-state index is 12.1. The minimum atomic E-state index is -3.09. The van der Waals surface area contributed by atoms with Crippen molar-refractivity contribution >= 4 is 31.6 Å². The van der Waals surface area contributed by atoms with Crippen molar-refractivity contribution in [3.63, 3.8) is 0 Å². The average Bonchev–Trinajstić information content (AvgIpc) is 2.66. The molecule has 1 aromatic carbocycles. The van der Waals surface area contributed by atoms with Gasteiger partial charge in [-0.1, -0.05) is 12.1 Å². The van der Waals surface area contributed by atoms with Crippen LogP contribution in [-0.2, 0) is 13.6 Å². The Balaban J connectivity index is 2.25. The molecule has 0 amide bonds. The first-order valence-corrected chi connectivity index (χ1v) is 7.35. The molecule has 0 bridgehead atoms. The van der Waals surface area contributed by atoms with Crippen LogP contribution >= 0.6 is 20.2 Å². The molecule has 0 aromatic heterocycles. The number of hydrogen-bond acceptors (Lipinski definition) is 6. The molecule has 2 rings (SSSR count). The van der Waals surface area contributed by atoms with Crippen molar-refractivity contribution in [2.24, 2.45) is 0 Å². The Morgan fingerprint density at radius 2 is 2.06 bits per heavy atom. The second kappa shape index (κ2) is 4.90. The number of fused-ring (bicyclic) bond motifs is 1. The van der Waals surface area contributed by atoms with Gasteiger partial charge in [-0.25, -0.2) is 0 Å². The summed E-state index contributed by atoms with van der Waals surface area (Å²) in [5, 5.41) is 3.18. The van der Waals surface area contributed by atoms with Gasteiger partial charge in [-0.2, -0.15) is 0 Å². The van der Waals surface area contributed by atoms with E-state index in [4.69, 9.17) is 9.05 Å². The van der Waals surface area contributed by atoms with E-state index in [9.17, 15) is 4.57 Å². The smallest absolute Gasteiger partial charge is 0.349 e. The molecule has 0 spiro atoms. The Labute approximate surface area is 106 Å². The van der Waals surface area contributed by atoms with E-state index in [-0.39, 0.29) is 11.8 Å². The van der Waals surface area contributed by atoms with Gasteiger partial charge in [0.25, 0.3) is 0 Å². The van der Waals surface area contributed by atoms with E-state index >= 15 is 0 Å². The standard InChI is InChI=1S/C10H15N2O3PS/c1-14-16(13,15-2)7-12-9-6-4-3-5-8(9)11-10(12)17/h3-6,10-11,17H,7H2,1-2H3. The maximum Gasteiger partial charge on any atom is 0.349 e. The molecule has 1 aromatic rings. The van der Waals surface area contributed by atoms with Gasteiger partial charge in [0, 0.05) is 14.2 Å². The Bertz CT molecular complexity index is 449. The van der Waals surface area contributed by atoms with Crippen molar-refractivity contribution < 1.29 is 13.6 Å². The van der Waals surface area contributed by atoms with E-state index in [0.29, 0.717) is 0 Å². The maximum atomic E-state index is 12.1. The summed E-state index contributed by atoms with van der Waals surface area (Å²) in [6.07, 6.45) is 0.165. The molecule has 0 aliphatic carbocycles. The van der Waals surface area contributed by atoms with Crippen molar-refractivity contribution in [2.75, 3.05) is 30.7 Å². The van der Waals surface area contributed by atoms with Crippen LogP contribution in [0.4, 0.5) is 11.4 Å². The third-order valence-corrected chi connectivity index (χ3v) is 4.85. The lowest BCUT2D eigenvalue weighted by Crippen LogP contribution is -2.32. The van der Waals surface area contributed by atoms with Crippen LogP contribution in [0.2, 0.25) is 0 Å². The minimum absolute atomic E-state index is 0.165. The van der Waals surface area contributed by atoms with Crippen molar-refractivity contribution in [1.82, 2.24) is 0 Å². The van der Waals surface area contributed by atoms with Crippen molar-refractivity contribution in [1.29, 1.82) is 0 Å². The molecule has 0 radical (unpaired) electrons. The fraction of sp³-hybridized carbons (Fsp3) is 0.400. The van der Waals surface area contributed by atoms with Crippen LogP contribution in [0.15, 0.2) is 24.3 Å². The molecule has 0 saturated carbocycles. The first-order chi connectivity index (χ1) is 8.09. The first kappa shape index (κ1) is 12.8. The van der Waals surface area contributed by atoms with Crippen LogP contribution < -0.4 is 10.2 Å². The highest BCUT2D eigenvalue weighted by Crippen LogP contribution is 2.50. The Hall–Kier alpha value is -0.680. The SMILES string of the molecule is COP(=O)(CN1c2ccccc2NC1S)OC. The summed E-state index contributed by atoms with van der Waals surface area (Å²) in [6, 6.07) is 7.74. The number of anilines is 2. The third kappa shape index (κ3) is 2.45. The van der Waals surface area contributed by atoms with E-state index in [0.717, 1.165) is 11.4 Å². The Kier molecular flexibility index (Phi) is 3.68. The van der Waals surface area contributed by atoms with Crippen LogP contribution in [0.3, 0.4) is 0 Å². The van der Waals surface area contributed by atoms with Gasteiger partial charge in [-0.3, -0.25) is 4.57 Å². The highest BCUT2D eigenvalue weighted by Gasteiger charge is 2.33. The van der Waals surface area contributed by atoms with Crippen molar-refractivity contribution in [2.45, 2.75) is 5.50 Å². The number of nitrogens with one attached hydrogen (secondary N) is 1. The van der Waals surface area contributed by atoms with Gasteiger partial charge in [-0.15, -0.1) is 12.6 Å². The lowest BCUT2D eigenvalue weighted by atomic mass is 10.3. The molecule has 1 aliphatic heterocycles. The quantitative estimate of drug-likeness (QED) is 0.653. The molecular weight excluding hydrogens is 259 g/mol. The van der Waals surface area contributed by atoms with Crippen LogP contribution in [0.25, 0.3) is 0 Å². The highest BCUT2D eigenvalue weighted by atomic mass is 32.1. The van der Waals surface area contributed by atoms with Gasteiger partial charge in [0.05, 0.1) is 11.4 Å². The zero-order valence-electron chi connectivity index (χ0n) is 9.66. The number of rotatable bonds is 4. The summed E-state index contributed by atoms with van der Waals surface area (Å²) in [7, 11) is -0.322. The molecule has 5 nitrogen and oxygen atoms in total. The van der Waals surface area contributed by atoms with Gasteiger partial charge in [-0.05, 0) is 12.1 Å². The lowest BCUT2D eigenvalue weighted by Gasteiger charge is -2.26. The van der Waals surface area contributed by atoms with Gasteiger partial charge >= 0.3 is 7.60 Å². The van der Waals surface area contributed by atoms with Crippen LogP contribution in [0.5, 0.6) is 0 Å². The summed E-state index contributed by atoms with van der Waals surface area (Å²) in [4.78, 5) is 1.85. The van der Waals surface area contributed by atoms with E-state index in [1.165, 1.54) is 14.2 Å². The zero-order valence-corrected chi connectivity index (χ0v) is 11.4. The molecule has 1 unspecified atom stereocenters. The fourth-order valence-corrected chi connectivity index (χ4v) is 3.27. The number of nitrogens with zero attached hydrogens (tertiary/aromatic N) is 1. The summed E-state index contributed by atoms with van der Waals surface area (Å²) >= 11 is 4.40. The second-order valence-electron chi connectivity index (χ2n) is 3.62. The number of thiol groups is 1. The summed E-state index contributed by atoms with van der Waals surface area (Å²) < 4.78 is 22.0. The van der Waals surface area contributed by atoms with Crippen molar-refractivity contribution in [3.8, 4) is 0 Å². The number of para-hydroxylation sites is 2. The molecule has 17 heavy (non-hydrogen) atoms. The molecule has 94 valence electrons. The highest BCUT2D eigenvalue weighted by molar-refractivity contribution is 7.81. The summed E-state index contributed by atoms with van der Waals surface area (Å²) in [6.45, 7) is 0. The number of hydrogen-bond donors (Lipinski definition) is 2. The van der Waals surface area contributed by atoms with Gasteiger partial charge in [0.15, 0.2) is 0 Å². The fourth-order valence-electron chi connectivity index (χ4n) is 1.73. The van der Waals surface area contributed by atoms with E-state index in [1.807, 2.05) is 29.2 Å². The minimum Gasteiger partial charge on any atom is -0.355 e. The van der Waals surface area contributed by atoms with E-state index < -0.39 is 7.60 Å². The Morgan fingerprint density at radius 3 is 2.71 bits per heavy atom. The molecular formula is C10H15N2O3PS. The van der Waals surface area contributed by atoms with Gasteiger partial charge in [0.1, 0.15) is 11.8 Å². The third-order valence-electron chi connectivity index (χ3n) is 2.68. The predicted octanol–water partition coefficient (Wildman–Crippen LogP) is 2.58. The molecule has 1 aliphatic rings. The zero-order chi connectivity index (χ0) is 12.5. The largest absolute Gasteiger partial charge is 0.355 e. The number of benzene rings is 1. The van der Waals surface area contributed by atoms with Gasteiger partial charge in [0.2, 0.25) is 0 Å². The normalized spacial score (nSPS) is 19.0. The lowest BCUT2D eigenvalue weighted by molar-refractivity contribution is 0.275. The van der Waals surface area contributed by atoms with Crippen molar-refractivity contribution in [3.05, 3.63) is 24.3 Å². The van der Waals surface area contributed by atoms with E-state index in [1.54, 1.807) is 0 Å². The van der Waals surface area contributed by atoms with Crippen LogP contribution in [-0.4, -0.2) is 26.0 Å². The monoisotopic (exact) mass is 274 g/mol. The molecule has 0 saturated heterocycles. The summed E-state index contributed by atoms with van der Waals surface area (Å²) in [5.41, 5.74) is 1.68. The van der Waals surface area contributed by atoms with E-state index in [2.05, 4.69) is 17.9 Å². The summed E-state index contributed by atoms with van der Waals surface area (Å²) in [5.74, 6) is 0. The molecule has 7 heteroatoms. The second-order valence-corrected chi connectivity index (χ2v) is 6.35. The average molecular weight is 274 g/mol. The topological polar surface area (TPSA) is 50.8 Å². The molecule has 1 heterocycles. The first-order valence-electron chi connectivity index (χ1n) is 5.10. The Morgan fingerprint density at radius 1 is 1.41 bits per heavy atom. The van der Waals surface area contributed by atoms with Crippen LogP contribution in [0.1, 0.15) is 0 Å². The molecule has 1 N–H and O–H groups in total. The van der Waals surface area contributed by atoms with Crippen LogP contribution in [0, 0.1) is 0 Å². The predicted molar refractivity (Wildman–Crippen MR) is 71.8 cm³/mol. The molecule has 1 atom stereocenters.